The Morgan fingerprint density at radius 2 is 1.82 bits per heavy atom. The Kier molecular flexibility index (Phi) is 6.81. The number of hydrogen-bond donors (Lipinski definition) is 3. The highest BCUT2D eigenvalue weighted by Gasteiger charge is 2.27. The molecule has 2 aliphatic heterocycles. The molecule has 2 fully saturated rings. The summed E-state index contributed by atoms with van der Waals surface area (Å²) >= 11 is 0. The fourth-order valence-electron chi connectivity index (χ4n) is 3.69. The van der Waals surface area contributed by atoms with E-state index in [9.17, 15) is 14.4 Å². The first-order chi connectivity index (χ1) is 13.5. The summed E-state index contributed by atoms with van der Waals surface area (Å²) in [4.78, 5) is 37.7. The molecule has 3 N–H and O–H groups in total. The number of anilines is 1. The van der Waals surface area contributed by atoms with Crippen LogP contribution in [0.1, 0.15) is 36.0 Å². The van der Waals surface area contributed by atoms with E-state index in [0.717, 1.165) is 38.8 Å². The topological polar surface area (TPSA) is 98.7 Å². The van der Waals surface area contributed by atoms with Crippen LogP contribution in [0.5, 0.6) is 0 Å². The number of carbonyl (C=O) groups is 3. The Hall–Kier alpha value is -2.67. The summed E-state index contributed by atoms with van der Waals surface area (Å²) in [7, 11) is 0. The first-order valence-electron chi connectivity index (χ1n) is 9.85. The van der Waals surface area contributed by atoms with Crippen LogP contribution in [0.3, 0.4) is 0 Å². The van der Waals surface area contributed by atoms with Gasteiger partial charge in [0.05, 0.1) is 11.5 Å². The Bertz CT molecular complexity index is 739. The number of likely N-dealkylation sites (tertiary alicyclic amines) is 1. The lowest BCUT2D eigenvalue weighted by Gasteiger charge is -2.31. The third-order valence-corrected chi connectivity index (χ3v) is 5.40. The highest BCUT2D eigenvalue weighted by molar-refractivity contribution is 5.95. The monoisotopic (exact) mass is 385 g/mol. The second-order valence-corrected chi connectivity index (χ2v) is 7.44. The summed E-state index contributed by atoms with van der Waals surface area (Å²) < 4.78 is 0. The lowest BCUT2D eigenvalue weighted by molar-refractivity contribution is -0.130. The van der Waals surface area contributed by atoms with E-state index in [0.29, 0.717) is 24.7 Å². The standard InChI is InChI=1S/C21H27N3O4/c25-19(8-3-15-9-11-22-12-10-15)24-13-1-2-17(14-24)20(26)23-18-6-4-16(5-7-18)21(27)28/h3-8,15,17,22H,1-2,9-14H2,(H,23,26)(H,27,28). The van der Waals surface area contributed by atoms with Crippen LogP contribution in [-0.4, -0.2) is 54.0 Å². The van der Waals surface area contributed by atoms with Gasteiger partial charge in [-0.3, -0.25) is 9.59 Å². The van der Waals surface area contributed by atoms with Crippen molar-refractivity contribution in [3.63, 3.8) is 0 Å². The highest BCUT2D eigenvalue weighted by Crippen LogP contribution is 2.20. The van der Waals surface area contributed by atoms with Gasteiger partial charge in [0.25, 0.3) is 0 Å². The quantitative estimate of drug-likeness (QED) is 0.675. The maximum absolute atomic E-state index is 12.6. The van der Waals surface area contributed by atoms with Crippen molar-refractivity contribution in [1.29, 1.82) is 0 Å². The molecule has 7 heteroatoms. The van der Waals surface area contributed by atoms with Crippen molar-refractivity contribution in [2.75, 3.05) is 31.5 Å². The summed E-state index contributed by atoms with van der Waals surface area (Å²) in [6.45, 7) is 3.06. The second kappa shape index (κ2) is 9.50. The van der Waals surface area contributed by atoms with Crippen molar-refractivity contribution in [1.82, 2.24) is 10.2 Å². The van der Waals surface area contributed by atoms with Crippen LogP contribution in [0.4, 0.5) is 5.69 Å². The van der Waals surface area contributed by atoms with Gasteiger partial charge in [-0.25, -0.2) is 4.79 Å². The minimum atomic E-state index is -1.00. The zero-order valence-electron chi connectivity index (χ0n) is 15.9. The number of carboxylic acids is 1. The molecular weight excluding hydrogens is 358 g/mol. The molecule has 2 heterocycles. The molecule has 0 aliphatic carbocycles. The van der Waals surface area contributed by atoms with Crippen molar-refractivity contribution < 1.29 is 19.5 Å². The fraction of sp³-hybridized carbons (Fsp3) is 0.476. The van der Waals surface area contributed by atoms with Gasteiger partial charge in [0, 0.05) is 18.8 Å². The van der Waals surface area contributed by atoms with Gasteiger partial charge in [-0.15, -0.1) is 0 Å². The van der Waals surface area contributed by atoms with E-state index in [1.807, 2.05) is 6.08 Å². The van der Waals surface area contributed by atoms with Crippen LogP contribution < -0.4 is 10.6 Å². The minimum absolute atomic E-state index is 0.0261. The van der Waals surface area contributed by atoms with Crippen LogP contribution in [0.25, 0.3) is 0 Å². The Morgan fingerprint density at radius 1 is 1.11 bits per heavy atom. The maximum Gasteiger partial charge on any atom is 0.335 e. The Morgan fingerprint density at radius 3 is 2.50 bits per heavy atom. The maximum atomic E-state index is 12.6. The predicted octanol–water partition coefficient (Wildman–Crippen LogP) is 2.12. The predicted molar refractivity (Wildman–Crippen MR) is 106 cm³/mol. The largest absolute Gasteiger partial charge is 0.478 e. The molecule has 2 saturated heterocycles. The van der Waals surface area contributed by atoms with Crippen molar-refractivity contribution in [2.45, 2.75) is 25.7 Å². The molecule has 7 nitrogen and oxygen atoms in total. The number of carbonyl (C=O) groups excluding carboxylic acids is 2. The first kappa shape index (κ1) is 20.1. The van der Waals surface area contributed by atoms with Gasteiger partial charge in [-0.05, 0) is 75.0 Å². The third kappa shape index (κ3) is 5.42. The molecule has 0 aromatic heterocycles. The molecule has 2 amide bonds. The van der Waals surface area contributed by atoms with E-state index >= 15 is 0 Å². The van der Waals surface area contributed by atoms with E-state index in [4.69, 9.17) is 5.11 Å². The minimum Gasteiger partial charge on any atom is -0.478 e. The lowest BCUT2D eigenvalue weighted by atomic mass is 9.96. The van der Waals surface area contributed by atoms with Crippen LogP contribution in [0.2, 0.25) is 0 Å². The van der Waals surface area contributed by atoms with Crippen molar-refractivity contribution in [2.24, 2.45) is 11.8 Å². The second-order valence-electron chi connectivity index (χ2n) is 7.44. The number of carboxylic acid groups (broad SMARTS) is 1. The molecule has 1 unspecified atom stereocenters. The Labute approximate surface area is 164 Å². The summed E-state index contributed by atoms with van der Waals surface area (Å²) in [5.74, 6) is -0.978. The van der Waals surface area contributed by atoms with Gasteiger partial charge in [0.1, 0.15) is 0 Å². The molecule has 1 aromatic carbocycles. The smallest absolute Gasteiger partial charge is 0.335 e. The van der Waals surface area contributed by atoms with Gasteiger partial charge in [0.2, 0.25) is 11.8 Å². The molecule has 0 radical (unpaired) electrons. The normalized spacial score (nSPS) is 20.9. The molecule has 1 aromatic rings. The summed E-state index contributed by atoms with van der Waals surface area (Å²) in [6.07, 6.45) is 7.31. The Balaban J connectivity index is 1.53. The average Bonchev–Trinajstić information content (AvgIpc) is 2.73. The molecule has 2 aliphatic rings. The lowest BCUT2D eigenvalue weighted by Crippen LogP contribution is -2.43. The van der Waals surface area contributed by atoms with E-state index in [2.05, 4.69) is 10.6 Å². The molecular formula is C21H27N3O4. The van der Waals surface area contributed by atoms with E-state index in [1.54, 1.807) is 23.1 Å². The molecule has 0 saturated carbocycles. The number of nitrogens with one attached hydrogen (secondary N) is 2. The summed E-state index contributed by atoms with van der Waals surface area (Å²) in [5.41, 5.74) is 0.734. The number of piperidine rings is 2. The highest BCUT2D eigenvalue weighted by atomic mass is 16.4. The average molecular weight is 385 g/mol. The molecule has 3 rings (SSSR count). The van der Waals surface area contributed by atoms with Crippen LogP contribution in [0.15, 0.2) is 36.4 Å². The molecule has 0 bridgehead atoms. The van der Waals surface area contributed by atoms with Crippen LogP contribution in [0, 0.1) is 11.8 Å². The molecule has 0 spiro atoms. The third-order valence-electron chi connectivity index (χ3n) is 5.40. The van der Waals surface area contributed by atoms with Gasteiger partial charge >= 0.3 is 5.97 Å². The number of rotatable bonds is 5. The van der Waals surface area contributed by atoms with Crippen LogP contribution in [-0.2, 0) is 9.59 Å². The van der Waals surface area contributed by atoms with Gasteiger partial charge in [-0.2, -0.15) is 0 Å². The number of aromatic carboxylic acids is 1. The summed E-state index contributed by atoms with van der Waals surface area (Å²) in [5, 5.41) is 15.1. The fourth-order valence-corrected chi connectivity index (χ4v) is 3.69. The number of hydrogen-bond acceptors (Lipinski definition) is 4. The van der Waals surface area contributed by atoms with Crippen molar-refractivity contribution in [3.8, 4) is 0 Å². The number of amides is 2. The van der Waals surface area contributed by atoms with Gasteiger partial charge in [0.15, 0.2) is 0 Å². The van der Waals surface area contributed by atoms with E-state index < -0.39 is 5.97 Å². The molecule has 28 heavy (non-hydrogen) atoms. The van der Waals surface area contributed by atoms with Crippen LogP contribution >= 0.6 is 0 Å². The number of benzene rings is 1. The van der Waals surface area contributed by atoms with Crippen molar-refractivity contribution in [3.05, 3.63) is 42.0 Å². The van der Waals surface area contributed by atoms with Crippen molar-refractivity contribution >= 4 is 23.5 Å². The number of allylic oxidation sites excluding steroid dienone is 1. The van der Waals surface area contributed by atoms with Gasteiger partial charge < -0.3 is 20.6 Å². The van der Waals surface area contributed by atoms with E-state index in [-0.39, 0.29) is 23.3 Å². The molecule has 150 valence electrons. The number of nitrogens with zero attached hydrogens (tertiary/aromatic N) is 1. The molecule has 1 atom stereocenters. The van der Waals surface area contributed by atoms with Gasteiger partial charge in [-0.1, -0.05) is 6.08 Å². The summed E-state index contributed by atoms with van der Waals surface area (Å²) in [6, 6.07) is 6.07. The van der Waals surface area contributed by atoms with E-state index in [1.165, 1.54) is 12.1 Å². The zero-order valence-corrected chi connectivity index (χ0v) is 15.9. The first-order valence-corrected chi connectivity index (χ1v) is 9.85. The SMILES string of the molecule is O=C(O)c1ccc(NC(=O)C2CCCN(C(=O)C=CC3CCNCC3)C2)cc1. The zero-order chi connectivity index (χ0) is 19.9.